The number of furan rings is 1. The molecule has 0 bridgehead atoms. The highest BCUT2D eigenvalue weighted by Gasteiger charge is 2.23. The van der Waals surface area contributed by atoms with Crippen LogP contribution in [0.4, 0.5) is 5.69 Å². The van der Waals surface area contributed by atoms with Crippen LogP contribution in [-0.2, 0) is 9.53 Å². The van der Waals surface area contributed by atoms with E-state index in [1.54, 1.807) is 13.4 Å². The number of carbonyl (C=O) groups is 1. The molecule has 1 fully saturated rings. The summed E-state index contributed by atoms with van der Waals surface area (Å²) in [6.45, 7) is 3.45. The summed E-state index contributed by atoms with van der Waals surface area (Å²) < 4.78 is 10.8. The molecule has 1 aromatic carbocycles. The minimum absolute atomic E-state index is 0.0166. The summed E-state index contributed by atoms with van der Waals surface area (Å²) >= 11 is 0. The van der Waals surface area contributed by atoms with Crippen LogP contribution < -0.4 is 10.2 Å². The second-order valence-corrected chi connectivity index (χ2v) is 6.16. The fourth-order valence-corrected chi connectivity index (χ4v) is 3.15. The maximum atomic E-state index is 12.0. The Labute approximate surface area is 142 Å². The van der Waals surface area contributed by atoms with Gasteiger partial charge in [0.15, 0.2) is 0 Å². The predicted octanol–water partition coefficient (Wildman–Crippen LogP) is 3.44. The number of ether oxygens (including phenoxy) is 1. The highest BCUT2D eigenvalue weighted by atomic mass is 16.5. The molecular formula is C19H24N2O3. The van der Waals surface area contributed by atoms with E-state index < -0.39 is 0 Å². The number of hydrogen-bond donors (Lipinski definition) is 1. The first-order chi connectivity index (χ1) is 11.7. The summed E-state index contributed by atoms with van der Waals surface area (Å²) in [6, 6.07) is 12.1. The van der Waals surface area contributed by atoms with Crippen LogP contribution in [0.1, 0.15) is 43.2 Å². The summed E-state index contributed by atoms with van der Waals surface area (Å²) in [6.07, 6.45) is 3.25. The van der Waals surface area contributed by atoms with Crippen molar-refractivity contribution in [3.63, 3.8) is 0 Å². The Morgan fingerprint density at radius 1 is 1.33 bits per heavy atom. The van der Waals surface area contributed by atoms with Crippen LogP contribution in [0.25, 0.3) is 0 Å². The number of benzene rings is 1. The maximum absolute atomic E-state index is 12.0. The topological polar surface area (TPSA) is 54.7 Å². The van der Waals surface area contributed by atoms with Gasteiger partial charge in [-0.1, -0.05) is 12.1 Å². The number of nitrogens with zero attached hydrogens (tertiary/aromatic N) is 1. The van der Waals surface area contributed by atoms with Gasteiger partial charge in [-0.25, -0.2) is 0 Å². The average Bonchev–Trinajstić information content (AvgIpc) is 3.26. The smallest absolute Gasteiger partial charge is 0.227 e. The molecule has 24 heavy (non-hydrogen) atoms. The van der Waals surface area contributed by atoms with E-state index in [-0.39, 0.29) is 18.0 Å². The first-order valence-electron chi connectivity index (χ1n) is 8.37. The van der Waals surface area contributed by atoms with Crippen molar-refractivity contribution in [2.24, 2.45) is 0 Å². The molecule has 1 aliphatic heterocycles. The molecule has 3 rings (SSSR count). The molecule has 5 heteroatoms. The lowest BCUT2D eigenvalue weighted by molar-refractivity contribution is -0.117. The van der Waals surface area contributed by atoms with E-state index in [1.165, 1.54) is 0 Å². The highest BCUT2D eigenvalue weighted by Crippen LogP contribution is 2.26. The second kappa shape index (κ2) is 7.64. The molecule has 2 aromatic rings. The summed E-state index contributed by atoms with van der Waals surface area (Å²) in [7, 11) is 1.68. The molecule has 0 saturated carbocycles. The van der Waals surface area contributed by atoms with E-state index >= 15 is 0 Å². The van der Waals surface area contributed by atoms with Crippen molar-refractivity contribution in [3.05, 3.63) is 54.0 Å². The molecular weight excluding hydrogens is 304 g/mol. The molecule has 1 saturated heterocycles. The zero-order chi connectivity index (χ0) is 16.9. The molecule has 2 heterocycles. The molecule has 1 N–H and O–H groups in total. The van der Waals surface area contributed by atoms with Crippen LogP contribution in [0, 0.1) is 0 Å². The number of nitrogens with one attached hydrogen (secondary N) is 1. The lowest BCUT2D eigenvalue weighted by Crippen LogP contribution is -2.28. The van der Waals surface area contributed by atoms with Gasteiger partial charge in [-0.2, -0.15) is 0 Å². The van der Waals surface area contributed by atoms with Crippen molar-refractivity contribution in [3.8, 4) is 0 Å². The molecule has 5 nitrogen and oxygen atoms in total. The Balaban J connectivity index is 1.74. The maximum Gasteiger partial charge on any atom is 0.227 e. The van der Waals surface area contributed by atoms with Crippen molar-refractivity contribution in [1.82, 2.24) is 5.32 Å². The van der Waals surface area contributed by atoms with E-state index in [0.29, 0.717) is 13.0 Å². The van der Waals surface area contributed by atoms with Gasteiger partial charge in [-0.15, -0.1) is 0 Å². The Kier molecular flexibility index (Phi) is 5.33. The summed E-state index contributed by atoms with van der Waals surface area (Å²) in [4.78, 5) is 13.8. The lowest BCUT2D eigenvalue weighted by atomic mass is 10.1. The van der Waals surface area contributed by atoms with E-state index in [4.69, 9.17) is 9.15 Å². The fourth-order valence-electron chi connectivity index (χ4n) is 3.15. The van der Waals surface area contributed by atoms with Gasteiger partial charge in [0.2, 0.25) is 5.91 Å². The molecule has 0 aliphatic carbocycles. The Morgan fingerprint density at radius 3 is 2.88 bits per heavy atom. The number of rotatable bonds is 7. The molecule has 1 amide bonds. The first kappa shape index (κ1) is 16.7. The Bertz CT molecular complexity index is 669. The van der Waals surface area contributed by atoms with Crippen LogP contribution in [0.2, 0.25) is 0 Å². The van der Waals surface area contributed by atoms with Crippen molar-refractivity contribution >= 4 is 11.6 Å². The van der Waals surface area contributed by atoms with Crippen LogP contribution in [0.5, 0.6) is 0 Å². The van der Waals surface area contributed by atoms with Crippen molar-refractivity contribution < 1.29 is 13.9 Å². The number of anilines is 1. The third kappa shape index (κ3) is 3.68. The zero-order valence-electron chi connectivity index (χ0n) is 14.2. The van der Waals surface area contributed by atoms with Gasteiger partial charge in [0, 0.05) is 31.8 Å². The molecule has 2 atom stereocenters. The van der Waals surface area contributed by atoms with Gasteiger partial charge < -0.3 is 14.1 Å². The van der Waals surface area contributed by atoms with Crippen LogP contribution in [-0.4, -0.2) is 26.2 Å². The Morgan fingerprint density at radius 2 is 2.21 bits per heavy atom. The average molecular weight is 328 g/mol. The van der Waals surface area contributed by atoms with Gasteiger partial charge in [-0.3, -0.25) is 10.1 Å². The minimum Gasteiger partial charge on any atom is -0.468 e. The quantitative estimate of drug-likeness (QED) is 0.846. The number of carbonyl (C=O) groups excluding carboxylic acids is 1. The normalized spacial score (nSPS) is 17.2. The van der Waals surface area contributed by atoms with Gasteiger partial charge in [0.05, 0.1) is 18.9 Å². The number of amides is 1. The third-order valence-electron chi connectivity index (χ3n) is 4.43. The summed E-state index contributed by atoms with van der Waals surface area (Å²) in [5, 5.41) is 3.54. The standard InChI is InChI=1S/C19H24N2O3/c1-14(20-17(13-23-2)18-8-5-11-24-18)15-6-3-7-16(12-15)21-10-4-9-19(21)22/h3,5-8,11-12,14,17,20H,4,9-10,13H2,1-2H3/t14-,17+/m0/s1. The molecule has 0 spiro atoms. The van der Waals surface area contributed by atoms with E-state index in [1.807, 2.05) is 29.2 Å². The van der Waals surface area contributed by atoms with Gasteiger partial charge in [0.1, 0.15) is 5.76 Å². The fraction of sp³-hybridized carbons (Fsp3) is 0.421. The second-order valence-electron chi connectivity index (χ2n) is 6.16. The zero-order valence-corrected chi connectivity index (χ0v) is 14.2. The molecule has 0 radical (unpaired) electrons. The monoisotopic (exact) mass is 328 g/mol. The first-order valence-corrected chi connectivity index (χ1v) is 8.37. The van der Waals surface area contributed by atoms with Crippen LogP contribution in [0.15, 0.2) is 47.1 Å². The van der Waals surface area contributed by atoms with Crippen LogP contribution >= 0.6 is 0 Å². The van der Waals surface area contributed by atoms with E-state index in [2.05, 4.69) is 24.4 Å². The third-order valence-corrected chi connectivity index (χ3v) is 4.43. The minimum atomic E-state index is -0.0166. The molecule has 1 aliphatic rings. The predicted molar refractivity (Wildman–Crippen MR) is 92.9 cm³/mol. The Hall–Kier alpha value is -2.11. The van der Waals surface area contributed by atoms with Crippen molar-refractivity contribution in [2.75, 3.05) is 25.2 Å². The summed E-state index contributed by atoms with van der Waals surface area (Å²) in [5.41, 5.74) is 2.12. The lowest BCUT2D eigenvalue weighted by Gasteiger charge is -2.23. The largest absolute Gasteiger partial charge is 0.468 e. The summed E-state index contributed by atoms with van der Waals surface area (Å²) in [5.74, 6) is 1.06. The van der Waals surface area contributed by atoms with Crippen molar-refractivity contribution in [2.45, 2.75) is 31.8 Å². The molecule has 128 valence electrons. The highest BCUT2D eigenvalue weighted by molar-refractivity contribution is 5.95. The number of methoxy groups -OCH3 is 1. The van der Waals surface area contributed by atoms with Crippen LogP contribution in [0.3, 0.4) is 0 Å². The van der Waals surface area contributed by atoms with E-state index in [0.717, 1.165) is 30.0 Å². The van der Waals surface area contributed by atoms with E-state index in [9.17, 15) is 4.79 Å². The van der Waals surface area contributed by atoms with Gasteiger partial charge in [0.25, 0.3) is 0 Å². The SMILES string of the molecule is COC[C@@H](N[C@@H](C)c1cccc(N2CCCC2=O)c1)c1ccco1. The van der Waals surface area contributed by atoms with Gasteiger partial charge in [-0.05, 0) is 43.2 Å². The molecule has 0 unspecified atom stereocenters. The van der Waals surface area contributed by atoms with Gasteiger partial charge >= 0.3 is 0 Å². The number of hydrogen-bond acceptors (Lipinski definition) is 4. The molecule has 1 aromatic heterocycles. The van der Waals surface area contributed by atoms with Crippen molar-refractivity contribution in [1.29, 1.82) is 0 Å².